The van der Waals surface area contributed by atoms with Crippen LogP contribution in [-0.4, -0.2) is 61.3 Å². The number of halogens is 1. The number of sulfone groups is 1. The quantitative estimate of drug-likeness (QED) is 0.731. The largest absolute Gasteiger partial charge is 0.374 e. The molecular formula is C24H31FN2O3S. The van der Waals surface area contributed by atoms with Crippen molar-refractivity contribution in [3.05, 3.63) is 53.8 Å². The van der Waals surface area contributed by atoms with Gasteiger partial charge in [-0.1, -0.05) is 24.3 Å². The molecule has 0 amide bonds. The van der Waals surface area contributed by atoms with E-state index in [9.17, 15) is 13.5 Å². The summed E-state index contributed by atoms with van der Waals surface area (Å²) in [6, 6.07) is 12.1. The smallest absolute Gasteiger partial charge is 0.175 e. The zero-order valence-corrected chi connectivity index (χ0v) is 19.0. The Hall–Kier alpha value is -1.80. The molecule has 3 unspecified atom stereocenters. The highest BCUT2D eigenvalue weighted by Gasteiger charge is 2.34. The lowest BCUT2D eigenvalue weighted by molar-refractivity contribution is -0.0179. The van der Waals surface area contributed by atoms with Gasteiger partial charge in [0.1, 0.15) is 12.0 Å². The fourth-order valence-electron chi connectivity index (χ4n) is 4.90. The van der Waals surface area contributed by atoms with Crippen molar-refractivity contribution in [2.45, 2.75) is 55.8 Å². The third-order valence-electron chi connectivity index (χ3n) is 6.77. The van der Waals surface area contributed by atoms with Gasteiger partial charge in [0.05, 0.1) is 4.90 Å². The van der Waals surface area contributed by atoms with E-state index in [1.54, 1.807) is 24.3 Å². The van der Waals surface area contributed by atoms with E-state index < -0.39 is 21.9 Å². The van der Waals surface area contributed by atoms with Crippen LogP contribution in [0.15, 0.2) is 47.4 Å². The SMILES string of the molecule is CC1CCCN1CC1CCCN1C(O)c1ccc(-c2ccc(S(C)(=O)=O)cc2)cc1F. The molecule has 0 aromatic heterocycles. The van der Waals surface area contributed by atoms with Gasteiger partial charge in [-0.3, -0.25) is 9.80 Å². The monoisotopic (exact) mass is 446 g/mol. The summed E-state index contributed by atoms with van der Waals surface area (Å²) < 4.78 is 38.3. The van der Waals surface area contributed by atoms with Crippen LogP contribution in [0.2, 0.25) is 0 Å². The Bertz CT molecular complexity index is 1030. The van der Waals surface area contributed by atoms with E-state index in [0.717, 1.165) is 44.3 Å². The van der Waals surface area contributed by atoms with Crippen molar-refractivity contribution in [2.24, 2.45) is 0 Å². The Morgan fingerprint density at radius 2 is 1.74 bits per heavy atom. The minimum atomic E-state index is -3.27. The fraction of sp³-hybridized carbons (Fsp3) is 0.500. The molecule has 5 nitrogen and oxygen atoms in total. The molecule has 0 radical (unpaired) electrons. The van der Waals surface area contributed by atoms with Gasteiger partial charge >= 0.3 is 0 Å². The van der Waals surface area contributed by atoms with E-state index in [1.807, 2.05) is 4.90 Å². The number of hydrogen-bond donors (Lipinski definition) is 1. The van der Waals surface area contributed by atoms with Crippen molar-refractivity contribution in [3.8, 4) is 11.1 Å². The van der Waals surface area contributed by atoms with E-state index in [1.165, 1.54) is 31.0 Å². The number of rotatable bonds is 6. The standard InChI is InChI=1S/C24H31FN2O3S/c1-17-5-3-13-26(17)16-20-6-4-14-27(20)24(28)22-12-9-19(15-23(22)25)18-7-10-21(11-8-18)31(2,29)30/h7-12,15,17,20,24,28H,3-6,13-14,16H2,1-2H3. The van der Waals surface area contributed by atoms with Crippen molar-refractivity contribution in [3.63, 3.8) is 0 Å². The number of aliphatic hydroxyl groups excluding tert-OH is 1. The molecular weight excluding hydrogens is 415 g/mol. The summed E-state index contributed by atoms with van der Waals surface area (Å²) in [5.41, 5.74) is 1.67. The van der Waals surface area contributed by atoms with Crippen molar-refractivity contribution >= 4 is 9.84 Å². The van der Waals surface area contributed by atoms with Gasteiger partial charge in [0, 0.05) is 37.0 Å². The van der Waals surface area contributed by atoms with E-state index in [2.05, 4.69) is 11.8 Å². The van der Waals surface area contributed by atoms with Gasteiger partial charge in [-0.2, -0.15) is 0 Å². The van der Waals surface area contributed by atoms with Crippen LogP contribution < -0.4 is 0 Å². The molecule has 0 bridgehead atoms. The molecule has 4 rings (SSSR count). The Kier molecular flexibility index (Phi) is 6.49. The molecule has 2 aromatic rings. The number of nitrogens with zero attached hydrogens (tertiary/aromatic N) is 2. The summed E-state index contributed by atoms with van der Waals surface area (Å²) >= 11 is 0. The highest BCUT2D eigenvalue weighted by Crippen LogP contribution is 2.32. The maximum Gasteiger partial charge on any atom is 0.175 e. The Morgan fingerprint density at radius 3 is 2.35 bits per heavy atom. The second-order valence-electron chi connectivity index (χ2n) is 8.93. The van der Waals surface area contributed by atoms with Gasteiger partial charge in [0.15, 0.2) is 9.84 Å². The van der Waals surface area contributed by atoms with Crippen LogP contribution in [-0.2, 0) is 9.84 Å². The topological polar surface area (TPSA) is 60.9 Å². The first-order valence-corrected chi connectivity index (χ1v) is 12.9. The first-order chi connectivity index (χ1) is 14.7. The lowest BCUT2D eigenvalue weighted by atomic mass is 10.0. The highest BCUT2D eigenvalue weighted by molar-refractivity contribution is 7.90. The first kappa shape index (κ1) is 22.4. The van der Waals surface area contributed by atoms with E-state index in [4.69, 9.17) is 0 Å². The van der Waals surface area contributed by atoms with Crippen LogP contribution in [0.5, 0.6) is 0 Å². The Morgan fingerprint density at radius 1 is 1.06 bits per heavy atom. The van der Waals surface area contributed by atoms with E-state index in [0.29, 0.717) is 11.6 Å². The van der Waals surface area contributed by atoms with Crippen LogP contribution in [0.1, 0.15) is 44.4 Å². The van der Waals surface area contributed by atoms with Gasteiger partial charge in [0.25, 0.3) is 0 Å². The first-order valence-electron chi connectivity index (χ1n) is 11.0. The number of benzene rings is 2. The molecule has 2 heterocycles. The highest BCUT2D eigenvalue weighted by atomic mass is 32.2. The zero-order valence-electron chi connectivity index (χ0n) is 18.2. The molecule has 2 aromatic carbocycles. The van der Waals surface area contributed by atoms with Gasteiger partial charge in [-0.25, -0.2) is 12.8 Å². The molecule has 31 heavy (non-hydrogen) atoms. The predicted molar refractivity (Wildman–Crippen MR) is 120 cm³/mol. The maximum absolute atomic E-state index is 15.0. The summed E-state index contributed by atoms with van der Waals surface area (Å²) in [5, 5.41) is 11.0. The normalized spacial score (nSPS) is 24.0. The molecule has 2 fully saturated rings. The summed E-state index contributed by atoms with van der Waals surface area (Å²) in [5.74, 6) is -0.447. The average Bonchev–Trinajstić information content (AvgIpc) is 3.36. The number of hydrogen-bond acceptors (Lipinski definition) is 5. The molecule has 0 aliphatic carbocycles. The van der Waals surface area contributed by atoms with Crippen molar-refractivity contribution in [1.29, 1.82) is 0 Å². The minimum absolute atomic E-state index is 0.233. The lowest BCUT2D eigenvalue weighted by Gasteiger charge is -2.33. The third-order valence-corrected chi connectivity index (χ3v) is 7.90. The molecule has 0 saturated carbocycles. The fourth-order valence-corrected chi connectivity index (χ4v) is 5.53. The van der Waals surface area contributed by atoms with Crippen molar-refractivity contribution < 1.29 is 17.9 Å². The lowest BCUT2D eigenvalue weighted by Crippen LogP contribution is -2.43. The predicted octanol–water partition coefficient (Wildman–Crippen LogP) is 3.84. The maximum atomic E-state index is 15.0. The molecule has 168 valence electrons. The van der Waals surface area contributed by atoms with Gasteiger partial charge in [-0.05, 0) is 68.5 Å². The van der Waals surface area contributed by atoms with Gasteiger partial charge in [0.2, 0.25) is 0 Å². The van der Waals surface area contributed by atoms with Crippen LogP contribution in [0, 0.1) is 5.82 Å². The molecule has 3 atom stereocenters. The minimum Gasteiger partial charge on any atom is -0.374 e. The summed E-state index contributed by atoms with van der Waals surface area (Å²) in [6.45, 7) is 5.04. The number of likely N-dealkylation sites (tertiary alicyclic amines) is 2. The van der Waals surface area contributed by atoms with Gasteiger partial charge < -0.3 is 5.11 Å². The van der Waals surface area contributed by atoms with E-state index in [-0.39, 0.29) is 16.5 Å². The summed E-state index contributed by atoms with van der Waals surface area (Å²) in [7, 11) is -3.27. The second-order valence-corrected chi connectivity index (χ2v) is 10.9. The van der Waals surface area contributed by atoms with Crippen molar-refractivity contribution in [1.82, 2.24) is 9.80 Å². The van der Waals surface area contributed by atoms with Crippen LogP contribution in [0.25, 0.3) is 11.1 Å². The second kappa shape index (κ2) is 8.98. The van der Waals surface area contributed by atoms with Crippen LogP contribution >= 0.6 is 0 Å². The van der Waals surface area contributed by atoms with Crippen LogP contribution in [0.3, 0.4) is 0 Å². The molecule has 7 heteroatoms. The summed E-state index contributed by atoms with van der Waals surface area (Å²) in [6.07, 6.45) is 4.66. The molecule has 2 aliphatic rings. The molecule has 1 N–H and O–H groups in total. The zero-order chi connectivity index (χ0) is 22.2. The van der Waals surface area contributed by atoms with Gasteiger partial charge in [-0.15, -0.1) is 0 Å². The number of aliphatic hydroxyl groups is 1. The molecule has 0 spiro atoms. The Balaban J connectivity index is 1.50. The molecule has 2 aliphatic heterocycles. The average molecular weight is 447 g/mol. The Labute approximate surface area is 184 Å². The summed E-state index contributed by atoms with van der Waals surface area (Å²) in [4.78, 5) is 4.75. The molecule has 2 saturated heterocycles. The third kappa shape index (κ3) is 4.85. The van der Waals surface area contributed by atoms with Crippen molar-refractivity contribution in [2.75, 3.05) is 25.9 Å². The van der Waals surface area contributed by atoms with Crippen LogP contribution in [0.4, 0.5) is 4.39 Å². The van der Waals surface area contributed by atoms with E-state index >= 15 is 4.39 Å².